The molecule has 0 spiro atoms. The highest BCUT2D eigenvalue weighted by molar-refractivity contribution is 5.92. The van der Waals surface area contributed by atoms with E-state index in [0.717, 1.165) is 12.5 Å². The van der Waals surface area contributed by atoms with E-state index in [2.05, 4.69) is 0 Å². The van der Waals surface area contributed by atoms with Crippen molar-refractivity contribution in [1.29, 1.82) is 0 Å². The van der Waals surface area contributed by atoms with Crippen molar-refractivity contribution in [3.05, 3.63) is 29.8 Å². The Labute approximate surface area is 85.3 Å². The summed E-state index contributed by atoms with van der Waals surface area (Å²) >= 11 is 0. The summed E-state index contributed by atoms with van der Waals surface area (Å²) in [5, 5.41) is 0. The third kappa shape index (κ3) is 2.71. The molecule has 0 aromatic heterocycles. The Balaban J connectivity index is 3.11. The minimum Gasteiger partial charge on any atom is -0.275 e. The topological polar surface area (TPSA) is 20.3 Å². The van der Waals surface area contributed by atoms with Crippen LogP contribution in [-0.4, -0.2) is 12.2 Å². The monoisotopic (exact) mass is 217 g/mol. The third-order valence-electron chi connectivity index (χ3n) is 1.86. The number of carbonyl (C=O) groups excluding carboxylic acids is 1. The number of benzene rings is 1. The summed E-state index contributed by atoms with van der Waals surface area (Å²) in [5.41, 5.74) is 0.671. The van der Waals surface area contributed by atoms with Crippen LogP contribution in [0, 0.1) is 6.92 Å². The third-order valence-corrected chi connectivity index (χ3v) is 1.86. The highest BCUT2D eigenvalue weighted by Crippen LogP contribution is 2.28. The fourth-order valence-electron chi connectivity index (χ4n) is 1.20. The number of alkyl halides is 3. The van der Waals surface area contributed by atoms with E-state index in [-0.39, 0.29) is 10.6 Å². The van der Waals surface area contributed by atoms with Gasteiger partial charge in [-0.2, -0.15) is 0 Å². The van der Waals surface area contributed by atoms with Crippen LogP contribution in [0.3, 0.4) is 0 Å². The first-order valence-corrected chi connectivity index (χ1v) is 4.26. The molecule has 0 atom stereocenters. The molecule has 15 heavy (non-hydrogen) atoms. The normalized spacial score (nSPS) is 11.3. The van der Waals surface area contributed by atoms with Crippen molar-refractivity contribution < 1.29 is 18.0 Å². The molecule has 0 unspecified atom stereocenters. The first-order chi connectivity index (χ1) is 6.82. The van der Waals surface area contributed by atoms with Gasteiger partial charge in [-0.1, -0.05) is 17.7 Å². The molecule has 1 aromatic rings. The molecule has 0 aliphatic rings. The predicted octanol–water partition coefficient (Wildman–Crippen LogP) is 2.87. The molecule has 0 bridgehead atoms. The molecule has 0 fully saturated rings. The molecule has 0 saturated carbocycles. The Morgan fingerprint density at radius 2 is 1.67 bits per heavy atom. The second-order valence-corrected chi connectivity index (χ2v) is 3.16. The van der Waals surface area contributed by atoms with E-state index in [0.29, 0.717) is 0 Å². The first-order valence-electron chi connectivity index (χ1n) is 4.26. The maximum Gasteiger partial charge on any atom is 0.491 e. The number of amides is 1. The molecule has 1 amide bonds. The molecule has 0 saturated heterocycles. The van der Waals surface area contributed by atoms with Gasteiger partial charge < -0.3 is 0 Å². The highest BCUT2D eigenvalue weighted by Gasteiger charge is 2.40. The molecular formula is C10H10F3NO. The lowest BCUT2D eigenvalue weighted by atomic mass is 10.2. The SMILES string of the molecule is CC(=O)N(c1ccc(C)cc1)C(F)(F)F. The van der Waals surface area contributed by atoms with Crippen molar-refractivity contribution in [1.82, 2.24) is 0 Å². The van der Waals surface area contributed by atoms with Gasteiger partial charge >= 0.3 is 6.30 Å². The largest absolute Gasteiger partial charge is 0.491 e. The Hall–Kier alpha value is -1.52. The Morgan fingerprint density at radius 3 is 2.00 bits per heavy atom. The van der Waals surface area contributed by atoms with E-state index in [1.54, 1.807) is 6.92 Å². The van der Waals surface area contributed by atoms with Crippen LogP contribution in [0.1, 0.15) is 12.5 Å². The number of hydrogen-bond donors (Lipinski definition) is 0. The van der Waals surface area contributed by atoms with Crippen LogP contribution in [0.2, 0.25) is 0 Å². The predicted molar refractivity (Wildman–Crippen MR) is 50.4 cm³/mol. The van der Waals surface area contributed by atoms with Gasteiger partial charge in [0.1, 0.15) is 0 Å². The van der Waals surface area contributed by atoms with Crippen LogP contribution in [0.15, 0.2) is 24.3 Å². The van der Waals surface area contributed by atoms with E-state index >= 15 is 0 Å². The summed E-state index contributed by atoms with van der Waals surface area (Å²) < 4.78 is 37.4. The molecule has 1 rings (SSSR count). The lowest BCUT2D eigenvalue weighted by Crippen LogP contribution is -2.41. The summed E-state index contributed by atoms with van der Waals surface area (Å²) in [7, 11) is 0. The zero-order chi connectivity index (χ0) is 11.6. The van der Waals surface area contributed by atoms with Gasteiger partial charge in [0.2, 0.25) is 5.91 Å². The first kappa shape index (κ1) is 11.6. The fraction of sp³-hybridized carbons (Fsp3) is 0.300. The summed E-state index contributed by atoms with van der Waals surface area (Å²) in [6.45, 7) is 2.64. The van der Waals surface area contributed by atoms with Gasteiger partial charge in [0.05, 0.1) is 5.69 Å². The van der Waals surface area contributed by atoms with Crippen LogP contribution in [-0.2, 0) is 4.79 Å². The maximum absolute atomic E-state index is 12.5. The second-order valence-electron chi connectivity index (χ2n) is 3.16. The van der Waals surface area contributed by atoms with Crippen molar-refractivity contribution in [2.75, 3.05) is 4.90 Å². The molecule has 0 N–H and O–H groups in total. The van der Waals surface area contributed by atoms with E-state index < -0.39 is 12.2 Å². The zero-order valence-corrected chi connectivity index (χ0v) is 8.30. The van der Waals surface area contributed by atoms with E-state index in [1.165, 1.54) is 24.3 Å². The lowest BCUT2D eigenvalue weighted by molar-refractivity contribution is -0.148. The number of aryl methyl sites for hydroxylation is 1. The molecule has 5 heteroatoms. The van der Waals surface area contributed by atoms with Crippen molar-refractivity contribution in [2.24, 2.45) is 0 Å². The quantitative estimate of drug-likeness (QED) is 0.662. The smallest absolute Gasteiger partial charge is 0.275 e. The van der Waals surface area contributed by atoms with Crippen LogP contribution in [0.25, 0.3) is 0 Å². The molecule has 82 valence electrons. The van der Waals surface area contributed by atoms with Crippen LogP contribution < -0.4 is 4.90 Å². The number of carbonyl (C=O) groups is 1. The van der Waals surface area contributed by atoms with E-state index in [4.69, 9.17) is 0 Å². The van der Waals surface area contributed by atoms with Gasteiger partial charge in [0, 0.05) is 6.92 Å². The number of rotatable bonds is 1. The maximum atomic E-state index is 12.5. The molecular weight excluding hydrogens is 207 g/mol. The van der Waals surface area contributed by atoms with E-state index in [9.17, 15) is 18.0 Å². The molecule has 0 radical (unpaired) electrons. The van der Waals surface area contributed by atoms with Gasteiger partial charge in [-0.15, -0.1) is 13.2 Å². The lowest BCUT2D eigenvalue weighted by Gasteiger charge is -2.23. The van der Waals surface area contributed by atoms with Gasteiger partial charge in [-0.05, 0) is 19.1 Å². The Kier molecular flexibility index (Phi) is 3.02. The average molecular weight is 217 g/mol. The average Bonchev–Trinajstić information content (AvgIpc) is 2.05. The number of halogens is 3. The summed E-state index contributed by atoms with van der Waals surface area (Å²) in [5.74, 6) is -1.05. The van der Waals surface area contributed by atoms with E-state index in [1.807, 2.05) is 0 Å². The molecule has 0 aliphatic carbocycles. The highest BCUT2D eigenvalue weighted by atomic mass is 19.4. The Bertz CT molecular complexity index is 356. The molecule has 0 aliphatic heterocycles. The van der Waals surface area contributed by atoms with Crippen molar-refractivity contribution >= 4 is 11.6 Å². The minimum absolute atomic E-state index is 0.166. The van der Waals surface area contributed by atoms with Crippen LogP contribution in [0.4, 0.5) is 18.9 Å². The van der Waals surface area contributed by atoms with Gasteiger partial charge in [-0.3, -0.25) is 4.79 Å². The standard InChI is InChI=1S/C10H10F3NO/c1-7-3-5-9(6-4-7)14(8(2)15)10(11,12)13/h3-6H,1-2H3. The number of nitrogens with zero attached hydrogens (tertiary/aromatic N) is 1. The number of anilines is 1. The Morgan fingerprint density at radius 1 is 1.20 bits per heavy atom. The summed E-state index contributed by atoms with van der Waals surface area (Å²) in [6.07, 6.45) is -4.68. The minimum atomic E-state index is -4.68. The van der Waals surface area contributed by atoms with Gasteiger partial charge in [0.25, 0.3) is 0 Å². The zero-order valence-electron chi connectivity index (χ0n) is 8.30. The van der Waals surface area contributed by atoms with Crippen molar-refractivity contribution in [2.45, 2.75) is 20.1 Å². The summed E-state index contributed by atoms with van der Waals surface area (Å²) in [6, 6.07) is 5.59. The van der Waals surface area contributed by atoms with Crippen molar-refractivity contribution in [3.8, 4) is 0 Å². The van der Waals surface area contributed by atoms with Crippen LogP contribution >= 0.6 is 0 Å². The fourth-order valence-corrected chi connectivity index (χ4v) is 1.20. The molecule has 2 nitrogen and oxygen atoms in total. The number of hydrogen-bond acceptors (Lipinski definition) is 1. The van der Waals surface area contributed by atoms with Crippen molar-refractivity contribution in [3.63, 3.8) is 0 Å². The van der Waals surface area contributed by atoms with Gasteiger partial charge in [0.15, 0.2) is 0 Å². The van der Waals surface area contributed by atoms with Crippen LogP contribution in [0.5, 0.6) is 0 Å². The second kappa shape index (κ2) is 3.92. The molecule has 1 aromatic carbocycles. The van der Waals surface area contributed by atoms with Gasteiger partial charge in [-0.25, -0.2) is 4.90 Å². The summed E-state index contributed by atoms with van der Waals surface area (Å²) in [4.78, 5) is 10.7. The molecule has 0 heterocycles.